The van der Waals surface area contributed by atoms with Crippen LogP contribution in [0.3, 0.4) is 0 Å². The molecule has 0 fully saturated rings. The highest BCUT2D eigenvalue weighted by Crippen LogP contribution is 2.38. The van der Waals surface area contributed by atoms with Crippen LogP contribution >= 0.6 is 0 Å². The predicted octanol–water partition coefficient (Wildman–Crippen LogP) is 5.10. The summed E-state index contributed by atoms with van der Waals surface area (Å²) in [4.78, 5) is 11.9. The molecule has 1 unspecified atom stereocenters. The molecule has 0 aliphatic carbocycles. The molecule has 29 heavy (non-hydrogen) atoms. The van der Waals surface area contributed by atoms with Gasteiger partial charge in [0.15, 0.2) is 9.76 Å². The van der Waals surface area contributed by atoms with Gasteiger partial charge in [-0.2, -0.15) is 0 Å². The minimum absolute atomic E-state index is 0.0313. The Morgan fingerprint density at radius 2 is 1.93 bits per heavy atom. The molecule has 0 spiro atoms. The van der Waals surface area contributed by atoms with Gasteiger partial charge in [0.1, 0.15) is 17.2 Å². The number of carbonyl (C=O) groups is 1. The monoisotopic (exact) mass is 422 g/mol. The quantitative estimate of drug-likeness (QED) is 0.491. The van der Waals surface area contributed by atoms with Crippen molar-refractivity contribution in [3.63, 3.8) is 0 Å². The van der Waals surface area contributed by atoms with E-state index >= 15 is 0 Å². The number of cyclic esters (lactones) is 1. The molecule has 0 radical (unpaired) electrons. The molecular formula is C23H35FO4Si. The molecule has 0 amide bonds. The SMILES string of the molecule is CC(C)C1(CCc2ccc(F)cc2C(C)(C)O[SiH2]C(C)(C)C)CC(O)=CC(=O)O1. The van der Waals surface area contributed by atoms with Crippen molar-refractivity contribution in [1.29, 1.82) is 0 Å². The van der Waals surface area contributed by atoms with E-state index in [0.29, 0.717) is 19.3 Å². The number of rotatable bonds is 7. The van der Waals surface area contributed by atoms with Crippen molar-refractivity contribution in [3.8, 4) is 0 Å². The Morgan fingerprint density at radius 1 is 1.28 bits per heavy atom. The van der Waals surface area contributed by atoms with E-state index in [1.165, 1.54) is 6.07 Å². The van der Waals surface area contributed by atoms with Crippen molar-refractivity contribution >= 4 is 15.7 Å². The first-order valence-corrected chi connectivity index (χ1v) is 11.6. The molecule has 0 saturated heterocycles. The van der Waals surface area contributed by atoms with Crippen LogP contribution in [0.1, 0.15) is 72.4 Å². The fourth-order valence-corrected chi connectivity index (χ4v) is 4.61. The van der Waals surface area contributed by atoms with Crippen LogP contribution in [0.5, 0.6) is 0 Å². The third-order valence-corrected chi connectivity index (χ3v) is 7.26. The average molecular weight is 423 g/mol. The normalized spacial score (nSPS) is 21.0. The zero-order valence-corrected chi connectivity index (χ0v) is 20.2. The molecule has 0 aromatic heterocycles. The van der Waals surface area contributed by atoms with Gasteiger partial charge in [-0.3, -0.25) is 0 Å². The second-order valence-electron chi connectivity index (χ2n) is 10.1. The molecule has 1 atom stereocenters. The van der Waals surface area contributed by atoms with E-state index in [1.807, 2.05) is 27.7 Å². The van der Waals surface area contributed by atoms with Gasteiger partial charge in [-0.25, -0.2) is 9.18 Å². The lowest BCUT2D eigenvalue weighted by molar-refractivity contribution is -0.163. The molecule has 1 N–H and O–H groups in total. The van der Waals surface area contributed by atoms with Crippen LogP contribution in [0, 0.1) is 11.7 Å². The summed E-state index contributed by atoms with van der Waals surface area (Å²) in [6.45, 7) is 14.4. The minimum Gasteiger partial charge on any atom is -0.512 e. The van der Waals surface area contributed by atoms with E-state index < -0.39 is 26.9 Å². The molecule has 1 aliphatic heterocycles. The standard InChI is InChI=1S/C23H35FO4Si/c1-15(2)23(14-18(25)13-20(26)27-23)11-10-16-8-9-17(24)12-19(16)22(6,7)28-29-21(3,4)5/h8-9,12-13,15,25H,10-11,14,29H2,1-7H3. The summed E-state index contributed by atoms with van der Waals surface area (Å²) in [5.74, 6) is -0.722. The van der Waals surface area contributed by atoms with Crippen molar-refractivity contribution in [2.24, 2.45) is 5.92 Å². The van der Waals surface area contributed by atoms with Crippen molar-refractivity contribution in [1.82, 2.24) is 0 Å². The van der Waals surface area contributed by atoms with E-state index in [2.05, 4.69) is 20.8 Å². The number of halogens is 1. The Kier molecular flexibility index (Phi) is 7.00. The maximum Gasteiger partial charge on any atom is 0.334 e. The van der Waals surface area contributed by atoms with Crippen molar-refractivity contribution < 1.29 is 23.5 Å². The Balaban J connectivity index is 2.29. The van der Waals surface area contributed by atoms with Crippen LogP contribution in [0.25, 0.3) is 0 Å². The number of carbonyl (C=O) groups excluding carboxylic acids is 1. The highest BCUT2D eigenvalue weighted by molar-refractivity contribution is 6.31. The molecule has 6 heteroatoms. The maximum atomic E-state index is 14.1. The summed E-state index contributed by atoms with van der Waals surface area (Å²) in [6, 6.07) is 4.81. The van der Waals surface area contributed by atoms with Gasteiger partial charge >= 0.3 is 5.97 Å². The molecule has 1 heterocycles. The van der Waals surface area contributed by atoms with Crippen LogP contribution in [0.4, 0.5) is 4.39 Å². The summed E-state index contributed by atoms with van der Waals surface area (Å²) >= 11 is 0. The first-order chi connectivity index (χ1) is 13.2. The highest BCUT2D eigenvalue weighted by Gasteiger charge is 2.41. The number of aliphatic hydroxyl groups is 1. The summed E-state index contributed by atoms with van der Waals surface area (Å²) in [6.07, 6.45) is 2.57. The van der Waals surface area contributed by atoms with Gasteiger partial charge in [0, 0.05) is 6.42 Å². The van der Waals surface area contributed by atoms with Crippen LogP contribution in [0.2, 0.25) is 5.04 Å². The molecular weight excluding hydrogens is 387 g/mol. The summed E-state index contributed by atoms with van der Waals surface area (Å²) in [5.41, 5.74) is 0.430. The molecule has 1 aromatic rings. The average Bonchev–Trinajstić information content (AvgIpc) is 2.57. The number of ether oxygens (including phenoxy) is 1. The van der Waals surface area contributed by atoms with Gasteiger partial charge in [-0.15, -0.1) is 0 Å². The molecule has 2 rings (SSSR count). The Morgan fingerprint density at radius 3 is 2.48 bits per heavy atom. The molecule has 162 valence electrons. The van der Waals surface area contributed by atoms with Crippen LogP contribution in [-0.4, -0.2) is 26.4 Å². The molecule has 0 bridgehead atoms. The fourth-order valence-electron chi connectivity index (χ4n) is 3.66. The van der Waals surface area contributed by atoms with Gasteiger partial charge in [0.05, 0.1) is 11.7 Å². The summed E-state index contributed by atoms with van der Waals surface area (Å²) in [5, 5.41) is 10.2. The Bertz CT molecular complexity index is 780. The molecule has 0 saturated carbocycles. The first kappa shape index (κ1) is 23.6. The number of hydrogen-bond donors (Lipinski definition) is 1. The lowest BCUT2D eigenvalue weighted by Crippen LogP contribution is -2.43. The van der Waals surface area contributed by atoms with Gasteiger partial charge in [-0.1, -0.05) is 40.7 Å². The van der Waals surface area contributed by atoms with E-state index in [4.69, 9.17) is 9.16 Å². The fraction of sp³-hybridized carbons (Fsp3) is 0.609. The van der Waals surface area contributed by atoms with Gasteiger partial charge in [0.2, 0.25) is 0 Å². The van der Waals surface area contributed by atoms with Crippen molar-refractivity contribution in [2.45, 2.75) is 84.0 Å². The van der Waals surface area contributed by atoms with E-state index in [-0.39, 0.29) is 22.5 Å². The lowest BCUT2D eigenvalue weighted by atomic mass is 9.79. The first-order valence-electron chi connectivity index (χ1n) is 10.3. The zero-order chi connectivity index (χ0) is 22.0. The van der Waals surface area contributed by atoms with Crippen LogP contribution in [-0.2, 0) is 26.0 Å². The largest absolute Gasteiger partial charge is 0.512 e. The third-order valence-electron chi connectivity index (χ3n) is 5.52. The topological polar surface area (TPSA) is 55.8 Å². The number of esters is 1. The van der Waals surface area contributed by atoms with Gasteiger partial charge in [0.25, 0.3) is 0 Å². The molecule has 1 aliphatic rings. The smallest absolute Gasteiger partial charge is 0.334 e. The number of aliphatic hydroxyl groups excluding tert-OH is 1. The number of aryl methyl sites for hydroxylation is 1. The van der Waals surface area contributed by atoms with E-state index in [1.54, 1.807) is 12.1 Å². The maximum absolute atomic E-state index is 14.1. The van der Waals surface area contributed by atoms with Crippen LogP contribution < -0.4 is 0 Å². The Hall–Kier alpha value is -1.66. The van der Waals surface area contributed by atoms with Crippen molar-refractivity contribution in [3.05, 3.63) is 47.0 Å². The van der Waals surface area contributed by atoms with Gasteiger partial charge < -0.3 is 14.3 Å². The lowest BCUT2D eigenvalue weighted by Gasteiger charge is -2.39. The second kappa shape index (κ2) is 8.60. The third kappa shape index (κ3) is 6.16. The van der Waals surface area contributed by atoms with Gasteiger partial charge in [-0.05, 0) is 60.9 Å². The number of hydrogen-bond acceptors (Lipinski definition) is 4. The summed E-state index contributed by atoms with van der Waals surface area (Å²) in [7, 11) is -0.831. The summed E-state index contributed by atoms with van der Waals surface area (Å²) < 4.78 is 26.1. The molecule has 4 nitrogen and oxygen atoms in total. The predicted molar refractivity (Wildman–Crippen MR) is 116 cm³/mol. The van der Waals surface area contributed by atoms with Crippen LogP contribution in [0.15, 0.2) is 30.0 Å². The second-order valence-corrected chi connectivity index (χ2v) is 12.8. The number of benzene rings is 1. The van der Waals surface area contributed by atoms with Crippen molar-refractivity contribution in [2.75, 3.05) is 0 Å². The molecule has 1 aromatic carbocycles. The van der Waals surface area contributed by atoms with E-state index in [0.717, 1.165) is 17.2 Å². The Labute approximate surface area is 176 Å². The zero-order valence-electron chi connectivity index (χ0n) is 18.8. The highest BCUT2D eigenvalue weighted by atomic mass is 28.2. The minimum atomic E-state index is -0.831. The van der Waals surface area contributed by atoms with E-state index in [9.17, 15) is 14.3 Å².